The number of hydrogen-bond donors (Lipinski definition) is 1. The molecule has 0 atom stereocenters. The molecule has 0 saturated heterocycles. The van der Waals surface area contributed by atoms with Crippen LogP contribution in [0.5, 0.6) is 0 Å². The molecule has 0 bridgehead atoms. The summed E-state index contributed by atoms with van der Waals surface area (Å²) in [6.45, 7) is 2.71. The number of rotatable bonds is 1. The second kappa shape index (κ2) is 4.27. The first-order valence-electron chi connectivity index (χ1n) is 3.02. The zero-order valence-electron chi connectivity index (χ0n) is 6.69. The molecule has 0 radical (unpaired) electrons. The van der Waals surface area contributed by atoms with Crippen LogP contribution in [0.4, 0.5) is 13.2 Å². The second-order valence-corrected chi connectivity index (χ2v) is 2.32. The van der Waals surface area contributed by atoms with E-state index in [1.165, 1.54) is 7.05 Å². The Morgan fingerprint density at radius 1 is 1.46 bits per heavy atom. The molecule has 0 rings (SSSR count). The van der Waals surface area contributed by atoms with E-state index in [0.717, 1.165) is 0 Å². The molecule has 0 aliphatic heterocycles. The van der Waals surface area contributed by atoms with Gasteiger partial charge in [-0.2, -0.15) is 13.2 Å². The molecule has 0 fully saturated rings. The van der Waals surface area contributed by atoms with Gasteiger partial charge in [0.25, 0.3) is 0 Å². The number of nitrogens with zero attached hydrogens (tertiary/aromatic N) is 2. The average molecular weight is 214 g/mol. The molecule has 0 heterocycles. The molecule has 0 aromatic rings. The maximum atomic E-state index is 11.9. The Kier molecular flexibility index (Phi) is 3.93. The smallest absolute Gasteiger partial charge is 0.368 e. The van der Waals surface area contributed by atoms with E-state index in [0.29, 0.717) is 0 Å². The minimum Gasteiger partial charge on any atom is -0.368 e. The minimum absolute atomic E-state index is 0.338. The van der Waals surface area contributed by atoms with E-state index in [2.05, 4.69) is 16.6 Å². The number of hydrogen-bond acceptors (Lipinski definition) is 1. The maximum Gasteiger partial charge on any atom is 0.418 e. The van der Waals surface area contributed by atoms with Crippen molar-refractivity contribution in [2.75, 3.05) is 7.05 Å². The zero-order valence-corrected chi connectivity index (χ0v) is 7.45. The Hall–Kier alpha value is -1.04. The van der Waals surface area contributed by atoms with Gasteiger partial charge in [0, 0.05) is 7.05 Å². The highest BCUT2D eigenvalue weighted by molar-refractivity contribution is 6.70. The predicted octanol–water partition coefficient (Wildman–Crippen LogP) is 1.69. The number of halogens is 4. The SMILES string of the molecule is C=C(C(Cl)=NC(N)=NC)C(F)(F)F. The van der Waals surface area contributed by atoms with Gasteiger partial charge in [-0.15, -0.1) is 0 Å². The van der Waals surface area contributed by atoms with E-state index in [-0.39, 0.29) is 5.96 Å². The summed E-state index contributed by atoms with van der Waals surface area (Å²) in [6.07, 6.45) is -4.60. The molecule has 7 heteroatoms. The highest BCUT2D eigenvalue weighted by Crippen LogP contribution is 2.26. The minimum atomic E-state index is -4.60. The lowest BCUT2D eigenvalue weighted by atomic mass is 10.3. The largest absolute Gasteiger partial charge is 0.418 e. The first kappa shape index (κ1) is 12.0. The van der Waals surface area contributed by atoms with Gasteiger partial charge in [0.05, 0.1) is 5.57 Å². The molecule has 2 N–H and O–H groups in total. The van der Waals surface area contributed by atoms with Crippen molar-refractivity contribution >= 4 is 22.7 Å². The van der Waals surface area contributed by atoms with Crippen LogP contribution in [0.1, 0.15) is 0 Å². The van der Waals surface area contributed by atoms with Crippen LogP contribution >= 0.6 is 11.6 Å². The first-order chi connectivity index (χ1) is 5.79. The molecule has 0 amide bonds. The molecule has 0 aliphatic rings. The molecule has 3 nitrogen and oxygen atoms in total. The Balaban J connectivity index is 4.72. The number of nitrogens with two attached hydrogens (primary N) is 1. The summed E-state index contributed by atoms with van der Waals surface area (Å²) in [7, 11) is 1.28. The fourth-order valence-electron chi connectivity index (χ4n) is 0.335. The van der Waals surface area contributed by atoms with Crippen LogP contribution in [0.3, 0.4) is 0 Å². The van der Waals surface area contributed by atoms with Crippen LogP contribution in [-0.4, -0.2) is 24.4 Å². The summed E-state index contributed by atoms with van der Waals surface area (Å²) < 4.78 is 35.7. The van der Waals surface area contributed by atoms with Gasteiger partial charge in [0.15, 0.2) is 0 Å². The van der Waals surface area contributed by atoms with Crippen molar-refractivity contribution in [2.45, 2.75) is 6.18 Å². The standard InChI is InChI=1S/C6H7ClF3N3/c1-3(6(8,9)10)4(7)13-5(11)12-2/h1H2,2H3,(H2,11,12). The lowest BCUT2D eigenvalue weighted by Crippen LogP contribution is -2.18. The van der Waals surface area contributed by atoms with Gasteiger partial charge in [-0.3, -0.25) is 4.99 Å². The summed E-state index contributed by atoms with van der Waals surface area (Å²) in [5.74, 6) is -0.338. The van der Waals surface area contributed by atoms with Crippen LogP contribution in [0.25, 0.3) is 0 Å². The van der Waals surface area contributed by atoms with Crippen molar-refractivity contribution in [1.29, 1.82) is 0 Å². The Morgan fingerprint density at radius 2 is 1.92 bits per heavy atom. The van der Waals surface area contributed by atoms with Crippen molar-refractivity contribution in [1.82, 2.24) is 0 Å². The first-order valence-corrected chi connectivity index (χ1v) is 3.39. The van der Waals surface area contributed by atoms with Crippen LogP contribution in [0, 0.1) is 0 Å². The third kappa shape index (κ3) is 3.93. The third-order valence-electron chi connectivity index (χ3n) is 1.03. The number of aliphatic imine (C=N–C) groups is 2. The van der Waals surface area contributed by atoms with Crippen molar-refractivity contribution in [3.05, 3.63) is 12.2 Å². The van der Waals surface area contributed by atoms with E-state index in [1.54, 1.807) is 0 Å². The molecule has 0 aromatic carbocycles. The van der Waals surface area contributed by atoms with E-state index in [1.807, 2.05) is 0 Å². The summed E-state index contributed by atoms with van der Waals surface area (Å²) in [6, 6.07) is 0. The molecular weight excluding hydrogens is 207 g/mol. The molecule has 74 valence electrons. The summed E-state index contributed by atoms with van der Waals surface area (Å²) in [5.41, 5.74) is 3.78. The van der Waals surface area contributed by atoms with Gasteiger partial charge in [-0.1, -0.05) is 18.2 Å². The fraction of sp³-hybridized carbons (Fsp3) is 0.333. The molecule has 13 heavy (non-hydrogen) atoms. The Bertz CT molecular complexity index is 267. The topological polar surface area (TPSA) is 50.7 Å². The van der Waals surface area contributed by atoms with Gasteiger partial charge in [0.1, 0.15) is 5.17 Å². The summed E-state index contributed by atoms with van der Waals surface area (Å²) >= 11 is 5.16. The lowest BCUT2D eigenvalue weighted by Gasteiger charge is -2.06. The number of alkyl halides is 3. The van der Waals surface area contributed by atoms with E-state index in [9.17, 15) is 13.2 Å². The van der Waals surface area contributed by atoms with Crippen LogP contribution in [-0.2, 0) is 0 Å². The highest BCUT2D eigenvalue weighted by Gasteiger charge is 2.34. The molecule has 0 aliphatic carbocycles. The van der Waals surface area contributed by atoms with Crippen molar-refractivity contribution in [3.63, 3.8) is 0 Å². The van der Waals surface area contributed by atoms with Gasteiger partial charge < -0.3 is 5.73 Å². The molecule has 0 aromatic heterocycles. The number of guanidine groups is 1. The lowest BCUT2D eigenvalue weighted by molar-refractivity contribution is -0.0854. The Labute approximate surface area is 77.8 Å². The number of allylic oxidation sites excluding steroid dienone is 1. The van der Waals surface area contributed by atoms with E-state index in [4.69, 9.17) is 17.3 Å². The van der Waals surface area contributed by atoms with Gasteiger partial charge in [-0.05, 0) is 0 Å². The van der Waals surface area contributed by atoms with Crippen LogP contribution < -0.4 is 5.73 Å². The van der Waals surface area contributed by atoms with Gasteiger partial charge in [0.2, 0.25) is 5.96 Å². The normalized spacial score (nSPS) is 14.5. The monoisotopic (exact) mass is 213 g/mol. The van der Waals surface area contributed by atoms with Crippen molar-refractivity contribution in [3.8, 4) is 0 Å². The molecule has 0 saturated carbocycles. The van der Waals surface area contributed by atoms with Crippen molar-refractivity contribution in [2.24, 2.45) is 15.7 Å². The molecule has 0 unspecified atom stereocenters. The quantitative estimate of drug-likeness (QED) is 0.523. The summed E-state index contributed by atoms with van der Waals surface area (Å²) in [4.78, 5) is 6.46. The summed E-state index contributed by atoms with van der Waals surface area (Å²) in [5, 5.41) is -0.810. The van der Waals surface area contributed by atoms with Crippen LogP contribution in [0.15, 0.2) is 22.1 Å². The average Bonchev–Trinajstić information content (AvgIpc) is 2.01. The van der Waals surface area contributed by atoms with Crippen molar-refractivity contribution < 1.29 is 13.2 Å². The second-order valence-electron chi connectivity index (χ2n) is 1.96. The van der Waals surface area contributed by atoms with Gasteiger partial charge in [-0.25, -0.2) is 4.99 Å². The maximum absolute atomic E-state index is 11.9. The molecule has 0 spiro atoms. The van der Waals surface area contributed by atoms with Gasteiger partial charge >= 0.3 is 6.18 Å². The Morgan fingerprint density at radius 3 is 2.23 bits per heavy atom. The third-order valence-corrected chi connectivity index (χ3v) is 1.35. The van der Waals surface area contributed by atoms with E-state index >= 15 is 0 Å². The van der Waals surface area contributed by atoms with Crippen LogP contribution in [0.2, 0.25) is 0 Å². The molecular formula is C6H7ClF3N3. The zero-order chi connectivity index (χ0) is 10.6. The fourth-order valence-corrected chi connectivity index (χ4v) is 0.529. The van der Waals surface area contributed by atoms with E-state index < -0.39 is 16.9 Å². The highest BCUT2D eigenvalue weighted by atomic mass is 35.5. The predicted molar refractivity (Wildman–Crippen MR) is 46.0 cm³/mol.